The van der Waals surface area contributed by atoms with Crippen molar-refractivity contribution < 1.29 is 4.74 Å². The first kappa shape index (κ1) is 12.7. The highest BCUT2D eigenvalue weighted by molar-refractivity contribution is 5.99. The molecule has 0 spiro atoms. The number of methoxy groups -OCH3 is 1. The Balaban J connectivity index is 2.41. The number of fused-ring (bicyclic) bond motifs is 1. The second-order valence-corrected chi connectivity index (χ2v) is 5.19. The monoisotopic (exact) mass is 262 g/mol. The van der Waals surface area contributed by atoms with Crippen molar-refractivity contribution in [3.8, 4) is 16.9 Å². The van der Waals surface area contributed by atoms with Crippen LogP contribution in [0.3, 0.4) is 0 Å². The van der Waals surface area contributed by atoms with Crippen molar-refractivity contribution in [3.05, 3.63) is 65.7 Å². The molecule has 0 heterocycles. The van der Waals surface area contributed by atoms with Crippen LogP contribution in [-0.4, -0.2) is 7.11 Å². The Morgan fingerprint density at radius 2 is 1.65 bits per heavy atom. The lowest BCUT2D eigenvalue weighted by atomic mass is 9.93. The van der Waals surface area contributed by atoms with Crippen LogP contribution in [0.1, 0.15) is 11.1 Å². The lowest BCUT2D eigenvalue weighted by Gasteiger charge is -2.15. The third kappa shape index (κ3) is 2.05. The zero-order chi connectivity index (χ0) is 14.1. The molecule has 1 heteroatoms. The van der Waals surface area contributed by atoms with Crippen LogP contribution in [-0.2, 0) is 0 Å². The van der Waals surface area contributed by atoms with Crippen molar-refractivity contribution in [3.63, 3.8) is 0 Å². The van der Waals surface area contributed by atoms with Gasteiger partial charge >= 0.3 is 0 Å². The van der Waals surface area contributed by atoms with Crippen molar-refractivity contribution in [2.45, 2.75) is 13.8 Å². The summed E-state index contributed by atoms with van der Waals surface area (Å²) in [6.45, 7) is 4.27. The molecule has 0 aliphatic carbocycles. The van der Waals surface area contributed by atoms with E-state index in [1.165, 1.54) is 33.0 Å². The van der Waals surface area contributed by atoms with E-state index >= 15 is 0 Å². The molecule has 0 N–H and O–H groups in total. The predicted octanol–water partition coefficient (Wildman–Crippen LogP) is 5.13. The van der Waals surface area contributed by atoms with E-state index in [1.54, 1.807) is 7.11 Å². The molecule has 0 aromatic heterocycles. The second-order valence-electron chi connectivity index (χ2n) is 5.19. The molecule has 3 aromatic carbocycles. The quantitative estimate of drug-likeness (QED) is 0.622. The van der Waals surface area contributed by atoms with Crippen molar-refractivity contribution in [2.75, 3.05) is 7.11 Å². The molecule has 0 radical (unpaired) electrons. The van der Waals surface area contributed by atoms with E-state index in [1.807, 2.05) is 12.1 Å². The van der Waals surface area contributed by atoms with Gasteiger partial charge in [0.2, 0.25) is 0 Å². The van der Waals surface area contributed by atoms with Gasteiger partial charge in [-0.25, -0.2) is 0 Å². The minimum Gasteiger partial charge on any atom is -0.496 e. The molecule has 20 heavy (non-hydrogen) atoms. The smallest absolute Gasteiger partial charge is 0.126 e. The average Bonchev–Trinajstić information content (AvgIpc) is 2.46. The Hall–Kier alpha value is -2.28. The van der Waals surface area contributed by atoms with Gasteiger partial charge < -0.3 is 4.74 Å². The van der Waals surface area contributed by atoms with Gasteiger partial charge in [0.15, 0.2) is 0 Å². The molecule has 3 rings (SSSR count). The number of hydrogen-bond donors (Lipinski definition) is 0. The van der Waals surface area contributed by atoms with Gasteiger partial charge in [0.25, 0.3) is 0 Å². The average molecular weight is 262 g/mol. The number of hydrogen-bond acceptors (Lipinski definition) is 1. The Bertz CT molecular complexity index is 772. The van der Waals surface area contributed by atoms with E-state index in [2.05, 4.69) is 56.3 Å². The molecule has 0 atom stereocenters. The summed E-state index contributed by atoms with van der Waals surface area (Å²) < 4.78 is 5.57. The maximum absolute atomic E-state index is 5.57. The van der Waals surface area contributed by atoms with Gasteiger partial charge in [0.05, 0.1) is 7.11 Å². The van der Waals surface area contributed by atoms with Crippen molar-refractivity contribution in [2.24, 2.45) is 0 Å². The normalized spacial score (nSPS) is 10.8. The maximum Gasteiger partial charge on any atom is 0.126 e. The summed E-state index contributed by atoms with van der Waals surface area (Å²) in [6.07, 6.45) is 0. The molecule has 0 unspecified atom stereocenters. The van der Waals surface area contributed by atoms with Crippen molar-refractivity contribution in [1.82, 2.24) is 0 Å². The topological polar surface area (TPSA) is 9.23 Å². The molecular formula is C19H18O. The van der Waals surface area contributed by atoms with Crippen LogP contribution in [0, 0.1) is 13.8 Å². The zero-order valence-corrected chi connectivity index (χ0v) is 12.1. The Labute approximate surface area is 119 Å². The molecule has 0 saturated carbocycles. The van der Waals surface area contributed by atoms with Gasteiger partial charge in [0.1, 0.15) is 5.75 Å². The number of rotatable bonds is 2. The largest absolute Gasteiger partial charge is 0.496 e. The zero-order valence-electron chi connectivity index (χ0n) is 12.1. The molecular weight excluding hydrogens is 244 g/mol. The molecule has 0 fully saturated rings. The number of aryl methyl sites for hydroxylation is 2. The molecule has 0 aliphatic heterocycles. The van der Waals surface area contributed by atoms with Crippen LogP contribution < -0.4 is 4.74 Å². The SMILES string of the molecule is COc1cccc(C)c1-c1cc(C)cc2ccccc12. The van der Waals surface area contributed by atoms with Crippen LogP contribution in [0.5, 0.6) is 5.75 Å². The molecule has 3 aromatic rings. The van der Waals surface area contributed by atoms with Gasteiger partial charge in [0, 0.05) is 5.56 Å². The van der Waals surface area contributed by atoms with Crippen LogP contribution in [0.15, 0.2) is 54.6 Å². The highest BCUT2D eigenvalue weighted by Crippen LogP contribution is 2.38. The van der Waals surface area contributed by atoms with Crippen LogP contribution in [0.4, 0.5) is 0 Å². The Kier molecular flexibility index (Phi) is 3.19. The third-order valence-corrected chi connectivity index (χ3v) is 3.73. The van der Waals surface area contributed by atoms with Gasteiger partial charge in [-0.05, 0) is 47.4 Å². The summed E-state index contributed by atoms with van der Waals surface area (Å²) in [4.78, 5) is 0. The fraction of sp³-hybridized carbons (Fsp3) is 0.158. The lowest BCUT2D eigenvalue weighted by Crippen LogP contribution is -1.92. The summed E-state index contributed by atoms with van der Waals surface area (Å²) in [6, 6.07) is 19.2. The van der Waals surface area contributed by atoms with Gasteiger partial charge in [-0.3, -0.25) is 0 Å². The van der Waals surface area contributed by atoms with Crippen LogP contribution in [0.2, 0.25) is 0 Å². The molecule has 0 saturated heterocycles. The van der Waals surface area contributed by atoms with Crippen molar-refractivity contribution >= 4 is 10.8 Å². The molecule has 0 amide bonds. The minimum absolute atomic E-state index is 0.931. The highest BCUT2D eigenvalue weighted by atomic mass is 16.5. The lowest BCUT2D eigenvalue weighted by molar-refractivity contribution is 0.416. The van der Waals surface area contributed by atoms with E-state index in [0.717, 1.165) is 5.75 Å². The molecule has 0 bridgehead atoms. The summed E-state index contributed by atoms with van der Waals surface area (Å²) in [5.74, 6) is 0.931. The number of benzene rings is 3. The highest BCUT2D eigenvalue weighted by Gasteiger charge is 2.12. The Morgan fingerprint density at radius 3 is 2.45 bits per heavy atom. The first-order valence-electron chi connectivity index (χ1n) is 6.84. The third-order valence-electron chi connectivity index (χ3n) is 3.73. The summed E-state index contributed by atoms with van der Waals surface area (Å²) in [5.41, 5.74) is 4.94. The standard InChI is InChI=1S/C19H18O/c1-13-11-15-8-4-5-9-16(15)17(12-13)19-14(2)7-6-10-18(19)20-3/h4-12H,1-3H3. The minimum atomic E-state index is 0.931. The van der Waals surface area contributed by atoms with Gasteiger partial charge in [-0.1, -0.05) is 48.5 Å². The van der Waals surface area contributed by atoms with Crippen LogP contribution >= 0.6 is 0 Å². The van der Waals surface area contributed by atoms with Crippen LogP contribution in [0.25, 0.3) is 21.9 Å². The first-order chi connectivity index (χ1) is 9.70. The van der Waals surface area contributed by atoms with Gasteiger partial charge in [-0.2, -0.15) is 0 Å². The van der Waals surface area contributed by atoms with E-state index < -0.39 is 0 Å². The second kappa shape index (κ2) is 5.01. The summed E-state index contributed by atoms with van der Waals surface area (Å²) in [5, 5.41) is 2.54. The summed E-state index contributed by atoms with van der Waals surface area (Å²) >= 11 is 0. The van der Waals surface area contributed by atoms with Crippen molar-refractivity contribution in [1.29, 1.82) is 0 Å². The molecule has 1 nitrogen and oxygen atoms in total. The van der Waals surface area contributed by atoms with E-state index in [9.17, 15) is 0 Å². The first-order valence-corrected chi connectivity index (χ1v) is 6.84. The fourth-order valence-corrected chi connectivity index (χ4v) is 2.82. The number of ether oxygens (including phenoxy) is 1. The van der Waals surface area contributed by atoms with E-state index in [-0.39, 0.29) is 0 Å². The van der Waals surface area contributed by atoms with Gasteiger partial charge in [-0.15, -0.1) is 0 Å². The molecule has 100 valence electrons. The maximum atomic E-state index is 5.57. The van der Waals surface area contributed by atoms with E-state index in [4.69, 9.17) is 4.74 Å². The summed E-state index contributed by atoms with van der Waals surface area (Å²) in [7, 11) is 1.73. The Morgan fingerprint density at radius 1 is 0.850 bits per heavy atom. The fourth-order valence-electron chi connectivity index (χ4n) is 2.82. The van der Waals surface area contributed by atoms with E-state index in [0.29, 0.717) is 0 Å². The predicted molar refractivity (Wildman–Crippen MR) is 85.4 cm³/mol. The molecule has 0 aliphatic rings.